The quantitative estimate of drug-likeness (QED) is 0.780. The minimum Gasteiger partial charge on any atom is -0.495 e. The summed E-state index contributed by atoms with van der Waals surface area (Å²) in [4.78, 5) is 11.5. The number of rotatable bonds is 6. The van der Waals surface area contributed by atoms with Crippen molar-refractivity contribution < 1.29 is 14.6 Å². The standard InChI is InChI=1S/C11H14ClNO3S/c1-16-10-3-2-8(6-9(10)12)13-11(15)7-17-5-4-14/h2-3,6,14H,4-5,7H2,1H3,(H,13,15). The number of methoxy groups -OCH3 is 1. The van der Waals surface area contributed by atoms with Crippen LogP contribution in [0.1, 0.15) is 0 Å². The van der Waals surface area contributed by atoms with Crippen molar-refractivity contribution in [2.75, 3.05) is 30.5 Å². The van der Waals surface area contributed by atoms with Crippen LogP contribution in [0, 0.1) is 0 Å². The number of ether oxygens (including phenoxy) is 1. The van der Waals surface area contributed by atoms with Gasteiger partial charge in [0.25, 0.3) is 0 Å². The number of anilines is 1. The van der Waals surface area contributed by atoms with Crippen molar-refractivity contribution in [2.45, 2.75) is 0 Å². The van der Waals surface area contributed by atoms with E-state index in [9.17, 15) is 4.79 Å². The van der Waals surface area contributed by atoms with Gasteiger partial charge in [0.05, 0.1) is 24.5 Å². The Morgan fingerprint density at radius 2 is 2.35 bits per heavy atom. The molecule has 17 heavy (non-hydrogen) atoms. The molecule has 0 aromatic heterocycles. The molecule has 0 saturated heterocycles. The molecule has 0 aliphatic carbocycles. The number of hydrogen-bond acceptors (Lipinski definition) is 4. The Morgan fingerprint density at radius 1 is 1.59 bits per heavy atom. The van der Waals surface area contributed by atoms with Gasteiger partial charge in [-0.3, -0.25) is 4.79 Å². The lowest BCUT2D eigenvalue weighted by molar-refractivity contribution is -0.113. The molecule has 1 amide bonds. The molecule has 0 unspecified atom stereocenters. The molecule has 1 rings (SSSR count). The normalized spacial score (nSPS) is 10.1. The lowest BCUT2D eigenvalue weighted by Crippen LogP contribution is -2.14. The van der Waals surface area contributed by atoms with Gasteiger partial charge in [-0.25, -0.2) is 0 Å². The van der Waals surface area contributed by atoms with E-state index in [0.717, 1.165) is 0 Å². The van der Waals surface area contributed by atoms with E-state index in [2.05, 4.69) is 5.32 Å². The van der Waals surface area contributed by atoms with E-state index in [-0.39, 0.29) is 12.5 Å². The summed E-state index contributed by atoms with van der Waals surface area (Å²) in [5.41, 5.74) is 0.630. The number of nitrogens with one attached hydrogen (secondary N) is 1. The second-order valence-electron chi connectivity index (χ2n) is 3.17. The first kappa shape index (κ1) is 14.2. The molecule has 0 heterocycles. The van der Waals surface area contributed by atoms with E-state index in [1.54, 1.807) is 18.2 Å². The maximum absolute atomic E-state index is 11.5. The fraction of sp³-hybridized carbons (Fsp3) is 0.364. The topological polar surface area (TPSA) is 58.6 Å². The van der Waals surface area contributed by atoms with Crippen molar-refractivity contribution in [1.29, 1.82) is 0 Å². The predicted molar refractivity (Wildman–Crippen MR) is 71.0 cm³/mol. The molecule has 94 valence electrons. The first-order chi connectivity index (χ1) is 8.17. The second-order valence-corrected chi connectivity index (χ2v) is 4.69. The molecule has 0 spiro atoms. The molecule has 0 aliphatic rings. The predicted octanol–water partition coefficient (Wildman–Crippen LogP) is 2.01. The van der Waals surface area contributed by atoms with Crippen molar-refractivity contribution in [2.24, 2.45) is 0 Å². The molecular formula is C11H14ClNO3S. The molecule has 0 fully saturated rings. The maximum Gasteiger partial charge on any atom is 0.234 e. The third-order valence-corrected chi connectivity index (χ3v) is 3.14. The van der Waals surface area contributed by atoms with E-state index < -0.39 is 0 Å². The van der Waals surface area contributed by atoms with Crippen LogP contribution in [0.15, 0.2) is 18.2 Å². The van der Waals surface area contributed by atoms with E-state index in [1.165, 1.54) is 18.9 Å². The van der Waals surface area contributed by atoms with Crippen LogP contribution >= 0.6 is 23.4 Å². The highest BCUT2D eigenvalue weighted by Crippen LogP contribution is 2.27. The van der Waals surface area contributed by atoms with E-state index in [4.69, 9.17) is 21.4 Å². The van der Waals surface area contributed by atoms with Crippen molar-refractivity contribution >= 4 is 35.0 Å². The summed E-state index contributed by atoms with van der Waals surface area (Å²) in [5, 5.41) is 11.7. The Bertz CT molecular complexity index is 387. The summed E-state index contributed by atoms with van der Waals surface area (Å²) in [6, 6.07) is 5.05. The monoisotopic (exact) mass is 275 g/mol. The molecule has 0 atom stereocenters. The molecule has 4 nitrogen and oxygen atoms in total. The number of aliphatic hydroxyl groups is 1. The van der Waals surface area contributed by atoms with Crippen LogP contribution in [0.3, 0.4) is 0 Å². The van der Waals surface area contributed by atoms with E-state index in [0.29, 0.717) is 28.0 Å². The Hall–Kier alpha value is -0.910. The zero-order chi connectivity index (χ0) is 12.7. The lowest BCUT2D eigenvalue weighted by Gasteiger charge is -2.07. The summed E-state index contributed by atoms with van der Waals surface area (Å²) >= 11 is 7.30. The number of carbonyl (C=O) groups excluding carboxylic acids is 1. The van der Waals surface area contributed by atoms with Crippen LogP contribution in [0.4, 0.5) is 5.69 Å². The van der Waals surface area contributed by atoms with Gasteiger partial charge in [-0.05, 0) is 18.2 Å². The van der Waals surface area contributed by atoms with Crippen LogP contribution < -0.4 is 10.1 Å². The van der Waals surface area contributed by atoms with Crippen LogP contribution in [0.5, 0.6) is 5.75 Å². The number of benzene rings is 1. The molecule has 6 heteroatoms. The van der Waals surface area contributed by atoms with Crippen molar-refractivity contribution in [3.05, 3.63) is 23.2 Å². The van der Waals surface area contributed by atoms with Crippen molar-refractivity contribution in [1.82, 2.24) is 0 Å². The highest BCUT2D eigenvalue weighted by molar-refractivity contribution is 7.99. The SMILES string of the molecule is COc1ccc(NC(=O)CSCCO)cc1Cl. The van der Waals surface area contributed by atoms with Gasteiger partial charge in [-0.1, -0.05) is 11.6 Å². The minimum atomic E-state index is -0.121. The summed E-state index contributed by atoms with van der Waals surface area (Å²) in [7, 11) is 1.53. The Kier molecular flexibility index (Phi) is 6.18. The summed E-state index contributed by atoms with van der Waals surface area (Å²) in [6.45, 7) is 0.0757. The molecule has 0 bridgehead atoms. The Balaban J connectivity index is 2.51. The minimum absolute atomic E-state index is 0.0757. The van der Waals surface area contributed by atoms with Crippen LogP contribution in [0.25, 0.3) is 0 Å². The largest absolute Gasteiger partial charge is 0.495 e. The summed E-state index contributed by atoms with van der Waals surface area (Å²) in [5.74, 6) is 1.31. The van der Waals surface area contributed by atoms with Crippen LogP contribution in [0.2, 0.25) is 5.02 Å². The van der Waals surface area contributed by atoms with Crippen LogP contribution in [-0.2, 0) is 4.79 Å². The molecule has 0 saturated carbocycles. The second kappa shape index (κ2) is 7.42. The number of thioether (sulfide) groups is 1. The molecule has 1 aromatic carbocycles. The van der Waals surface area contributed by atoms with Gasteiger partial charge in [0.15, 0.2) is 0 Å². The van der Waals surface area contributed by atoms with Gasteiger partial charge in [0, 0.05) is 11.4 Å². The van der Waals surface area contributed by atoms with E-state index >= 15 is 0 Å². The molecule has 0 radical (unpaired) electrons. The zero-order valence-electron chi connectivity index (χ0n) is 9.40. The average molecular weight is 276 g/mol. The molecule has 1 aromatic rings. The lowest BCUT2D eigenvalue weighted by atomic mass is 10.3. The van der Waals surface area contributed by atoms with Crippen molar-refractivity contribution in [3.8, 4) is 5.75 Å². The van der Waals surface area contributed by atoms with Gasteiger partial charge in [0.1, 0.15) is 5.75 Å². The third kappa shape index (κ3) is 4.85. The average Bonchev–Trinajstić information content (AvgIpc) is 2.29. The van der Waals surface area contributed by atoms with Gasteiger partial charge < -0.3 is 15.2 Å². The van der Waals surface area contributed by atoms with Gasteiger partial charge in [-0.2, -0.15) is 0 Å². The first-order valence-electron chi connectivity index (χ1n) is 4.99. The van der Waals surface area contributed by atoms with Gasteiger partial charge in [0.2, 0.25) is 5.91 Å². The molecular weight excluding hydrogens is 262 g/mol. The maximum atomic E-state index is 11.5. The molecule has 0 aliphatic heterocycles. The van der Waals surface area contributed by atoms with Gasteiger partial charge in [-0.15, -0.1) is 11.8 Å². The summed E-state index contributed by atoms with van der Waals surface area (Å²) in [6.07, 6.45) is 0. The fourth-order valence-corrected chi connectivity index (χ4v) is 1.96. The number of amides is 1. The van der Waals surface area contributed by atoms with Gasteiger partial charge >= 0.3 is 0 Å². The first-order valence-corrected chi connectivity index (χ1v) is 6.52. The number of carbonyl (C=O) groups is 1. The third-order valence-electron chi connectivity index (χ3n) is 1.90. The Morgan fingerprint density at radius 3 is 2.94 bits per heavy atom. The fourth-order valence-electron chi connectivity index (χ4n) is 1.17. The summed E-state index contributed by atoms with van der Waals surface area (Å²) < 4.78 is 5.01. The van der Waals surface area contributed by atoms with Crippen molar-refractivity contribution in [3.63, 3.8) is 0 Å². The van der Waals surface area contributed by atoms with Crippen LogP contribution in [-0.4, -0.2) is 36.2 Å². The number of hydrogen-bond donors (Lipinski definition) is 2. The smallest absolute Gasteiger partial charge is 0.234 e. The Labute approximate surface area is 109 Å². The molecule has 2 N–H and O–H groups in total. The zero-order valence-corrected chi connectivity index (χ0v) is 11.0. The number of aliphatic hydroxyl groups excluding tert-OH is 1. The highest BCUT2D eigenvalue weighted by atomic mass is 35.5. The number of halogens is 1. The highest BCUT2D eigenvalue weighted by Gasteiger charge is 2.05. The van der Waals surface area contributed by atoms with E-state index in [1.807, 2.05) is 0 Å².